The smallest absolute Gasteiger partial charge is 0.407 e. The van der Waals surface area contributed by atoms with Crippen LogP contribution in [-0.2, 0) is 13.0 Å². The molecule has 4 heterocycles. The Morgan fingerprint density at radius 1 is 1.22 bits per heavy atom. The van der Waals surface area contributed by atoms with Crippen LogP contribution >= 0.6 is 0 Å². The Morgan fingerprint density at radius 3 is 2.67 bits per heavy atom. The summed E-state index contributed by atoms with van der Waals surface area (Å²) in [5, 5.41) is 16.3. The number of nitrogens with zero attached hydrogens (tertiary/aromatic N) is 5. The van der Waals surface area contributed by atoms with Crippen LogP contribution in [-0.4, -0.2) is 67.4 Å². The van der Waals surface area contributed by atoms with Gasteiger partial charge in [0.25, 0.3) is 0 Å². The molecule has 5 rings (SSSR count). The number of aromatic amines is 1. The number of likely N-dealkylation sites (tertiary alicyclic amines) is 1. The molecule has 2 aliphatic rings. The molecule has 2 aromatic heterocycles. The van der Waals surface area contributed by atoms with E-state index in [0.717, 1.165) is 22.4 Å². The highest BCUT2D eigenvalue weighted by molar-refractivity contribution is 5.95. The summed E-state index contributed by atoms with van der Waals surface area (Å²) in [7, 11) is 0. The lowest BCUT2D eigenvalue weighted by Crippen LogP contribution is -2.55. The van der Waals surface area contributed by atoms with E-state index in [0.29, 0.717) is 50.3 Å². The van der Waals surface area contributed by atoms with Gasteiger partial charge in [0.1, 0.15) is 11.6 Å². The van der Waals surface area contributed by atoms with Gasteiger partial charge in [-0.2, -0.15) is 5.10 Å². The van der Waals surface area contributed by atoms with Crippen molar-refractivity contribution in [2.24, 2.45) is 0 Å². The molecular formula is C26H29FN6O3. The number of hydrogen-bond acceptors (Lipinski definition) is 4. The maximum Gasteiger partial charge on any atom is 0.407 e. The van der Waals surface area contributed by atoms with Gasteiger partial charge in [-0.15, -0.1) is 0 Å². The van der Waals surface area contributed by atoms with Crippen molar-refractivity contribution in [2.75, 3.05) is 24.5 Å². The van der Waals surface area contributed by atoms with Crippen LogP contribution in [0.15, 0.2) is 42.7 Å². The second kappa shape index (κ2) is 9.25. The molecule has 2 aliphatic heterocycles. The molecule has 3 amide bonds. The fourth-order valence-electron chi connectivity index (χ4n) is 5.32. The van der Waals surface area contributed by atoms with E-state index in [9.17, 15) is 19.1 Å². The average Bonchev–Trinajstić information content (AvgIpc) is 3.50. The van der Waals surface area contributed by atoms with Gasteiger partial charge in [0.05, 0.1) is 24.0 Å². The number of aromatic nitrogens is 3. The standard InChI is InChI=1S/C26H29FN6O3/c1-3-22-20(19-13-28-29-14-19)7-8-23(30-22)32-16-26(9-11-31(12-10-26)25(35)36)33(24(32)34)15-18-5-4-6-21(27)17(18)2/h4-8,13-14H,3,9-12,15-16H2,1-2H3,(H,28,29)(H,35,36). The molecule has 2 fully saturated rings. The molecule has 0 aliphatic carbocycles. The number of urea groups is 1. The molecule has 0 atom stereocenters. The lowest BCUT2D eigenvalue weighted by atomic mass is 9.86. The lowest BCUT2D eigenvalue weighted by Gasteiger charge is -2.43. The van der Waals surface area contributed by atoms with Crippen molar-refractivity contribution >= 4 is 17.9 Å². The zero-order valence-corrected chi connectivity index (χ0v) is 20.4. The van der Waals surface area contributed by atoms with Crippen molar-refractivity contribution in [2.45, 2.75) is 45.2 Å². The number of carbonyl (C=O) groups is 2. The van der Waals surface area contributed by atoms with Gasteiger partial charge in [0.2, 0.25) is 0 Å². The fraction of sp³-hybridized carbons (Fsp3) is 0.385. The third-order valence-electron chi connectivity index (χ3n) is 7.54. The van der Waals surface area contributed by atoms with Crippen molar-refractivity contribution in [3.63, 3.8) is 0 Å². The number of aryl methyl sites for hydroxylation is 1. The van der Waals surface area contributed by atoms with Crippen LogP contribution in [0, 0.1) is 12.7 Å². The van der Waals surface area contributed by atoms with Gasteiger partial charge in [-0.1, -0.05) is 19.1 Å². The second-order valence-electron chi connectivity index (χ2n) is 9.48. The van der Waals surface area contributed by atoms with E-state index < -0.39 is 11.6 Å². The minimum Gasteiger partial charge on any atom is -0.465 e. The van der Waals surface area contributed by atoms with Crippen molar-refractivity contribution in [1.29, 1.82) is 0 Å². The molecule has 2 saturated heterocycles. The zero-order chi connectivity index (χ0) is 25.4. The van der Waals surface area contributed by atoms with E-state index in [4.69, 9.17) is 4.98 Å². The topological polar surface area (TPSA) is 106 Å². The molecule has 9 nitrogen and oxygen atoms in total. The highest BCUT2D eigenvalue weighted by Gasteiger charge is 2.52. The summed E-state index contributed by atoms with van der Waals surface area (Å²) >= 11 is 0. The average molecular weight is 493 g/mol. The van der Waals surface area contributed by atoms with E-state index in [1.165, 1.54) is 11.0 Å². The number of piperidine rings is 1. The van der Waals surface area contributed by atoms with Crippen LogP contribution in [0.25, 0.3) is 11.1 Å². The summed E-state index contributed by atoms with van der Waals surface area (Å²) in [6, 6.07) is 8.50. The van der Waals surface area contributed by atoms with Crippen LogP contribution in [0.1, 0.15) is 36.6 Å². The summed E-state index contributed by atoms with van der Waals surface area (Å²) in [6.07, 6.45) is 4.29. The Morgan fingerprint density at radius 2 is 2.00 bits per heavy atom. The Kier molecular flexibility index (Phi) is 6.11. The van der Waals surface area contributed by atoms with E-state index in [1.54, 1.807) is 29.0 Å². The number of pyridine rings is 1. The van der Waals surface area contributed by atoms with Crippen LogP contribution in [0.3, 0.4) is 0 Å². The number of halogens is 1. The Hall–Kier alpha value is -3.95. The van der Waals surface area contributed by atoms with Crippen molar-refractivity contribution in [3.8, 4) is 11.1 Å². The monoisotopic (exact) mass is 492 g/mol. The van der Waals surface area contributed by atoms with Gasteiger partial charge in [0.15, 0.2) is 0 Å². The van der Waals surface area contributed by atoms with Gasteiger partial charge in [-0.3, -0.25) is 10.00 Å². The third kappa shape index (κ3) is 4.06. The van der Waals surface area contributed by atoms with Gasteiger partial charge >= 0.3 is 12.1 Å². The molecule has 1 aromatic carbocycles. The first-order valence-electron chi connectivity index (χ1n) is 12.1. The number of amides is 3. The molecule has 0 saturated carbocycles. The van der Waals surface area contributed by atoms with Crippen LogP contribution in [0.4, 0.5) is 19.8 Å². The van der Waals surface area contributed by atoms with Crippen LogP contribution < -0.4 is 4.90 Å². The predicted molar refractivity (Wildman–Crippen MR) is 132 cm³/mol. The largest absolute Gasteiger partial charge is 0.465 e. The van der Waals surface area contributed by atoms with E-state index in [-0.39, 0.29) is 18.4 Å². The van der Waals surface area contributed by atoms with Crippen molar-refractivity contribution in [3.05, 3.63) is 65.4 Å². The molecule has 10 heteroatoms. The summed E-state index contributed by atoms with van der Waals surface area (Å²) in [5.74, 6) is 0.248. The number of carbonyl (C=O) groups excluding carboxylic acids is 1. The molecule has 0 radical (unpaired) electrons. The maximum atomic E-state index is 14.3. The summed E-state index contributed by atoms with van der Waals surface area (Å²) in [5.41, 5.74) is 3.42. The molecule has 1 spiro atoms. The number of nitrogens with one attached hydrogen (secondary N) is 1. The minimum absolute atomic E-state index is 0.201. The number of hydrogen-bond donors (Lipinski definition) is 2. The highest BCUT2D eigenvalue weighted by Crippen LogP contribution is 2.40. The number of anilines is 1. The van der Waals surface area contributed by atoms with E-state index >= 15 is 0 Å². The summed E-state index contributed by atoms with van der Waals surface area (Å²) in [6.45, 7) is 5.05. The quantitative estimate of drug-likeness (QED) is 0.548. The Balaban J connectivity index is 1.50. The Labute approximate surface area is 208 Å². The van der Waals surface area contributed by atoms with Gasteiger partial charge < -0.3 is 14.9 Å². The lowest BCUT2D eigenvalue weighted by molar-refractivity contribution is 0.0686. The molecule has 3 aromatic rings. The molecule has 36 heavy (non-hydrogen) atoms. The molecule has 0 unspecified atom stereocenters. The van der Waals surface area contributed by atoms with Crippen LogP contribution in [0.5, 0.6) is 0 Å². The SMILES string of the molecule is CCc1nc(N2CC3(CCN(C(=O)O)CC3)N(Cc3cccc(F)c3C)C2=O)ccc1-c1cn[nH]c1. The number of H-pyrrole nitrogens is 1. The molecule has 0 bridgehead atoms. The summed E-state index contributed by atoms with van der Waals surface area (Å²) < 4.78 is 14.3. The second-order valence-corrected chi connectivity index (χ2v) is 9.48. The summed E-state index contributed by atoms with van der Waals surface area (Å²) in [4.78, 5) is 35.1. The maximum absolute atomic E-state index is 14.3. The molecule has 188 valence electrons. The Bertz CT molecular complexity index is 1290. The van der Waals surface area contributed by atoms with Gasteiger partial charge in [-0.05, 0) is 55.5 Å². The number of carboxylic acid groups (broad SMARTS) is 1. The van der Waals surface area contributed by atoms with Crippen molar-refractivity contribution in [1.82, 2.24) is 25.0 Å². The molecule has 2 N–H and O–H groups in total. The zero-order valence-electron chi connectivity index (χ0n) is 20.4. The van der Waals surface area contributed by atoms with Crippen LogP contribution in [0.2, 0.25) is 0 Å². The van der Waals surface area contributed by atoms with Gasteiger partial charge in [0, 0.05) is 37.0 Å². The van der Waals surface area contributed by atoms with Crippen molar-refractivity contribution < 1.29 is 19.1 Å². The number of rotatable bonds is 5. The predicted octanol–water partition coefficient (Wildman–Crippen LogP) is 4.44. The first-order valence-corrected chi connectivity index (χ1v) is 12.1. The van der Waals surface area contributed by atoms with Gasteiger partial charge in [-0.25, -0.2) is 19.0 Å². The first-order chi connectivity index (χ1) is 17.3. The first kappa shape index (κ1) is 23.8. The molecular weight excluding hydrogens is 463 g/mol. The normalized spacial score (nSPS) is 17.3. The van der Waals surface area contributed by atoms with E-state index in [2.05, 4.69) is 10.2 Å². The number of benzene rings is 1. The highest BCUT2D eigenvalue weighted by atomic mass is 19.1. The van der Waals surface area contributed by atoms with E-state index in [1.807, 2.05) is 31.3 Å². The fourth-order valence-corrected chi connectivity index (χ4v) is 5.32. The minimum atomic E-state index is -0.956. The third-order valence-corrected chi connectivity index (χ3v) is 7.54.